The van der Waals surface area contributed by atoms with Crippen molar-refractivity contribution in [3.05, 3.63) is 28.8 Å². The maximum Gasteiger partial charge on any atom is 0.222 e. The molecule has 0 unspecified atom stereocenters. The summed E-state index contributed by atoms with van der Waals surface area (Å²) in [6.45, 7) is 0.491. The van der Waals surface area contributed by atoms with Gasteiger partial charge in [0.2, 0.25) is 5.91 Å². The van der Waals surface area contributed by atoms with Gasteiger partial charge in [0.1, 0.15) is 5.75 Å². The zero-order valence-electron chi connectivity index (χ0n) is 12.6. The summed E-state index contributed by atoms with van der Waals surface area (Å²) in [5.41, 5.74) is 6.95. The largest absolute Gasteiger partial charge is 0.496 e. The van der Waals surface area contributed by atoms with E-state index in [9.17, 15) is 4.79 Å². The number of hydrogen-bond acceptors (Lipinski definition) is 3. The van der Waals surface area contributed by atoms with E-state index in [1.807, 2.05) is 19.2 Å². The number of ether oxygens (including phenoxy) is 1. The molecule has 2 atom stereocenters. The highest BCUT2D eigenvalue weighted by Gasteiger charge is 2.27. The van der Waals surface area contributed by atoms with Crippen molar-refractivity contribution in [3.8, 4) is 5.75 Å². The van der Waals surface area contributed by atoms with Gasteiger partial charge in [0.25, 0.3) is 0 Å². The smallest absolute Gasteiger partial charge is 0.222 e. The van der Waals surface area contributed by atoms with Crippen LogP contribution in [0.3, 0.4) is 0 Å². The number of hydrogen-bond donors (Lipinski definition) is 1. The van der Waals surface area contributed by atoms with Crippen molar-refractivity contribution in [1.82, 2.24) is 4.90 Å². The van der Waals surface area contributed by atoms with E-state index in [4.69, 9.17) is 22.1 Å². The molecule has 0 heterocycles. The Morgan fingerprint density at radius 2 is 2.24 bits per heavy atom. The lowest BCUT2D eigenvalue weighted by Crippen LogP contribution is -2.32. The summed E-state index contributed by atoms with van der Waals surface area (Å²) in [4.78, 5) is 14.1. The highest BCUT2D eigenvalue weighted by Crippen LogP contribution is 2.28. The number of methoxy groups -OCH3 is 1. The molecule has 0 bridgehead atoms. The van der Waals surface area contributed by atoms with Crippen LogP contribution in [0.15, 0.2) is 18.2 Å². The molecule has 1 aliphatic rings. The van der Waals surface area contributed by atoms with Crippen molar-refractivity contribution in [2.45, 2.75) is 38.3 Å². The van der Waals surface area contributed by atoms with Gasteiger partial charge in [-0.15, -0.1) is 0 Å². The van der Waals surface area contributed by atoms with E-state index >= 15 is 0 Å². The monoisotopic (exact) mass is 310 g/mol. The molecule has 0 aromatic heterocycles. The lowest BCUT2D eigenvalue weighted by atomic mass is 9.99. The lowest BCUT2D eigenvalue weighted by Gasteiger charge is -2.22. The average molecular weight is 311 g/mol. The van der Waals surface area contributed by atoms with Crippen molar-refractivity contribution in [2.24, 2.45) is 11.7 Å². The number of carbonyl (C=O) groups is 1. The first-order valence-electron chi connectivity index (χ1n) is 7.33. The molecule has 0 radical (unpaired) electrons. The molecule has 116 valence electrons. The molecule has 1 aliphatic carbocycles. The molecule has 1 amide bonds. The van der Waals surface area contributed by atoms with Gasteiger partial charge >= 0.3 is 0 Å². The van der Waals surface area contributed by atoms with Gasteiger partial charge in [-0.25, -0.2) is 0 Å². The van der Waals surface area contributed by atoms with Gasteiger partial charge in [-0.05, 0) is 37.0 Å². The standard InChI is InChI=1S/C16H23ClN2O2/c1-19(16(20)9-11-4-3-5-14(11)18)10-12-8-13(17)6-7-15(12)21-2/h6-8,11,14H,3-5,9-10,18H2,1-2H3/t11-,14+/m0/s1. The van der Waals surface area contributed by atoms with Gasteiger partial charge in [-0.1, -0.05) is 18.0 Å². The maximum atomic E-state index is 12.3. The minimum Gasteiger partial charge on any atom is -0.496 e. The molecule has 1 saturated carbocycles. The zero-order chi connectivity index (χ0) is 15.4. The molecule has 1 fully saturated rings. The van der Waals surface area contributed by atoms with Crippen LogP contribution in [0, 0.1) is 5.92 Å². The third kappa shape index (κ3) is 4.11. The van der Waals surface area contributed by atoms with Crippen molar-refractivity contribution in [2.75, 3.05) is 14.2 Å². The Balaban J connectivity index is 1.98. The van der Waals surface area contributed by atoms with E-state index < -0.39 is 0 Å². The van der Waals surface area contributed by atoms with E-state index in [0.717, 1.165) is 30.6 Å². The van der Waals surface area contributed by atoms with Crippen molar-refractivity contribution in [3.63, 3.8) is 0 Å². The highest BCUT2D eigenvalue weighted by atomic mass is 35.5. The van der Waals surface area contributed by atoms with Crippen LogP contribution in [0.2, 0.25) is 5.02 Å². The second-order valence-corrected chi connectivity index (χ2v) is 6.20. The number of nitrogens with two attached hydrogens (primary N) is 1. The molecule has 21 heavy (non-hydrogen) atoms. The second kappa shape index (κ2) is 7.14. The van der Waals surface area contributed by atoms with E-state index in [1.54, 1.807) is 18.1 Å². The van der Waals surface area contributed by atoms with Crippen molar-refractivity contribution < 1.29 is 9.53 Å². The summed E-state index contributed by atoms with van der Waals surface area (Å²) in [6, 6.07) is 5.61. The summed E-state index contributed by atoms with van der Waals surface area (Å²) < 4.78 is 5.31. The number of carbonyl (C=O) groups excluding carboxylic acids is 1. The van der Waals surface area contributed by atoms with Crippen LogP contribution in [-0.4, -0.2) is 31.0 Å². The Morgan fingerprint density at radius 3 is 2.86 bits per heavy atom. The summed E-state index contributed by atoms with van der Waals surface area (Å²) in [5.74, 6) is 1.19. The van der Waals surface area contributed by atoms with Crippen molar-refractivity contribution >= 4 is 17.5 Å². The average Bonchev–Trinajstić information content (AvgIpc) is 2.84. The molecule has 1 aromatic carbocycles. The maximum absolute atomic E-state index is 12.3. The van der Waals surface area contributed by atoms with Gasteiger partial charge in [0.15, 0.2) is 0 Å². The summed E-state index contributed by atoms with van der Waals surface area (Å²) in [6.07, 6.45) is 3.75. The summed E-state index contributed by atoms with van der Waals surface area (Å²) in [5, 5.41) is 0.643. The van der Waals surface area contributed by atoms with E-state index in [0.29, 0.717) is 23.9 Å². The predicted molar refractivity (Wildman–Crippen MR) is 84.4 cm³/mol. The molecular weight excluding hydrogens is 288 g/mol. The normalized spacial score (nSPS) is 21.3. The second-order valence-electron chi connectivity index (χ2n) is 5.76. The number of amides is 1. The zero-order valence-corrected chi connectivity index (χ0v) is 13.4. The predicted octanol–water partition coefficient (Wildman–Crippen LogP) is 2.82. The Kier molecular flexibility index (Phi) is 5.48. The van der Waals surface area contributed by atoms with Gasteiger partial charge in [-0.2, -0.15) is 0 Å². The fourth-order valence-electron chi connectivity index (χ4n) is 2.91. The van der Waals surface area contributed by atoms with Crippen molar-refractivity contribution in [1.29, 1.82) is 0 Å². The van der Waals surface area contributed by atoms with Gasteiger partial charge in [0.05, 0.1) is 7.11 Å². The minimum absolute atomic E-state index is 0.124. The summed E-state index contributed by atoms with van der Waals surface area (Å²) >= 11 is 6.02. The van der Waals surface area contributed by atoms with Crippen LogP contribution < -0.4 is 10.5 Å². The quantitative estimate of drug-likeness (QED) is 0.910. The number of benzene rings is 1. The first-order chi connectivity index (χ1) is 10.0. The van der Waals surface area contributed by atoms with Gasteiger partial charge in [-0.3, -0.25) is 4.79 Å². The number of halogens is 1. The molecule has 2 N–H and O–H groups in total. The first kappa shape index (κ1) is 16.1. The molecule has 1 aromatic rings. The van der Waals surface area contributed by atoms with Gasteiger partial charge in [0, 0.05) is 36.6 Å². The number of rotatable bonds is 5. The van der Waals surface area contributed by atoms with Crippen LogP contribution in [0.25, 0.3) is 0 Å². The lowest BCUT2D eigenvalue weighted by molar-refractivity contribution is -0.131. The Morgan fingerprint density at radius 1 is 1.48 bits per heavy atom. The number of nitrogens with zero attached hydrogens (tertiary/aromatic N) is 1. The van der Waals surface area contributed by atoms with E-state index in [1.165, 1.54) is 0 Å². The molecule has 0 saturated heterocycles. The molecule has 0 aliphatic heterocycles. The molecular formula is C16H23ClN2O2. The van der Waals surface area contributed by atoms with Crippen LogP contribution in [0.1, 0.15) is 31.2 Å². The fourth-order valence-corrected chi connectivity index (χ4v) is 3.11. The highest BCUT2D eigenvalue weighted by molar-refractivity contribution is 6.30. The molecule has 4 nitrogen and oxygen atoms in total. The molecule has 5 heteroatoms. The third-order valence-electron chi connectivity index (χ3n) is 4.23. The fraction of sp³-hybridized carbons (Fsp3) is 0.562. The Bertz CT molecular complexity index is 507. The molecule has 0 spiro atoms. The van der Waals surface area contributed by atoms with Gasteiger partial charge < -0.3 is 15.4 Å². The molecule has 2 rings (SSSR count). The third-order valence-corrected chi connectivity index (χ3v) is 4.47. The van der Waals surface area contributed by atoms with Crippen LogP contribution in [0.5, 0.6) is 5.75 Å². The van der Waals surface area contributed by atoms with Crippen LogP contribution in [0.4, 0.5) is 0 Å². The Labute approximate surface area is 131 Å². The minimum atomic E-state index is 0.124. The Hall–Kier alpha value is -1.26. The summed E-state index contributed by atoms with van der Waals surface area (Å²) in [7, 11) is 3.43. The first-order valence-corrected chi connectivity index (χ1v) is 7.71. The van der Waals surface area contributed by atoms with Crippen LogP contribution >= 0.6 is 11.6 Å². The topological polar surface area (TPSA) is 55.6 Å². The van der Waals surface area contributed by atoms with E-state index in [-0.39, 0.29) is 11.9 Å². The van der Waals surface area contributed by atoms with Crippen LogP contribution in [-0.2, 0) is 11.3 Å². The SMILES string of the molecule is COc1ccc(Cl)cc1CN(C)C(=O)C[C@@H]1CCC[C@H]1N. The van der Waals surface area contributed by atoms with E-state index in [2.05, 4.69) is 0 Å².